The van der Waals surface area contributed by atoms with E-state index in [1.54, 1.807) is 0 Å². The van der Waals surface area contributed by atoms with Crippen molar-refractivity contribution in [3.8, 4) is 28.3 Å². The molecule has 2 aliphatic carbocycles. The van der Waals surface area contributed by atoms with Gasteiger partial charge in [0.25, 0.3) is 0 Å². The first kappa shape index (κ1) is 26.3. The highest BCUT2D eigenvalue weighted by molar-refractivity contribution is 5.86. The van der Waals surface area contributed by atoms with Crippen molar-refractivity contribution in [2.24, 2.45) is 0 Å². The first-order chi connectivity index (χ1) is 21.7. The zero-order valence-corrected chi connectivity index (χ0v) is 24.6. The van der Waals surface area contributed by atoms with Crippen LogP contribution in [-0.4, -0.2) is 0 Å². The molecule has 2 nitrogen and oxygen atoms in total. The van der Waals surface area contributed by atoms with Crippen molar-refractivity contribution in [1.82, 2.24) is 0 Å². The molecule has 1 atom stereocenters. The fourth-order valence-electron chi connectivity index (χ4n) is 7.68. The summed E-state index contributed by atoms with van der Waals surface area (Å²) in [6.07, 6.45) is 3.88. The number of fused-ring (bicyclic) bond motifs is 8. The Kier molecular flexibility index (Phi) is 6.39. The molecule has 0 radical (unpaired) electrons. The van der Waals surface area contributed by atoms with Crippen molar-refractivity contribution < 1.29 is 0 Å². The lowest BCUT2D eigenvalue weighted by Gasteiger charge is -2.34. The summed E-state index contributed by atoms with van der Waals surface area (Å²) in [6.45, 7) is 0. The Bertz CT molecular complexity index is 2000. The molecule has 1 unspecified atom stereocenters. The van der Waals surface area contributed by atoms with Gasteiger partial charge in [-0.25, -0.2) is 0 Å². The Hall–Kier alpha value is -5.39. The maximum absolute atomic E-state index is 9.80. The van der Waals surface area contributed by atoms with E-state index in [1.807, 2.05) is 6.07 Å². The van der Waals surface area contributed by atoms with Gasteiger partial charge in [-0.2, -0.15) is 5.26 Å². The van der Waals surface area contributed by atoms with Crippen LogP contribution in [0.1, 0.15) is 40.7 Å². The minimum atomic E-state index is -0.154. The number of aryl methyl sites for hydroxylation is 2. The number of hydrogen-bond acceptors (Lipinski definition) is 2. The molecule has 6 aromatic carbocycles. The van der Waals surface area contributed by atoms with Crippen LogP contribution in [-0.2, 0) is 18.3 Å². The zero-order valence-electron chi connectivity index (χ0n) is 24.6. The number of benzene rings is 6. The van der Waals surface area contributed by atoms with Crippen molar-refractivity contribution in [1.29, 1.82) is 5.26 Å². The molecule has 8 rings (SSSR count). The standard InChI is InChI=1S/C42H32N2/c43-29-30-19-21-37-32(27-30)24-26-42(25-23-31-11-7-8-16-36(31)37)40-18-10-9-17-38(40)39-22-20-35(28-41(39)42)44(33-12-3-1-4-13-33)34-14-5-2-6-15-34/h1-22,27-28H,23-26H2. The molecular formula is C42H32N2. The fourth-order valence-corrected chi connectivity index (χ4v) is 7.68. The highest BCUT2D eigenvalue weighted by Gasteiger charge is 2.43. The van der Waals surface area contributed by atoms with E-state index in [0.29, 0.717) is 0 Å². The van der Waals surface area contributed by atoms with E-state index in [9.17, 15) is 5.26 Å². The van der Waals surface area contributed by atoms with Gasteiger partial charge in [-0.1, -0.05) is 97.1 Å². The molecule has 2 heteroatoms. The van der Waals surface area contributed by atoms with Gasteiger partial charge < -0.3 is 4.90 Å². The molecule has 44 heavy (non-hydrogen) atoms. The minimum Gasteiger partial charge on any atom is -0.310 e. The SMILES string of the molecule is N#Cc1ccc2c(c1)CCC1(CCc3ccccc3-2)c2ccccc2-c2ccc(N(c3ccccc3)c3ccccc3)cc21. The maximum Gasteiger partial charge on any atom is 0.0991 e. The Balaban J connectivity index is 1.33. The Morgan fingerprint density at radius 3 is 1.77 bits per heavy atom. The van der Waals surface area contributed by atoms with Gasteiger partial charge in [-0.05, 0) is 119 Å². The summed E-state index contributed by atoms with van der Waals surface area (Å²) in [4.78, 5) is 2.37. The third kappa shape index (κ3) is 4.24. The molecule has 2 aliphatic rings. The van der Waals surface area contributed by atoms with Crippen molar-refractivity contribution in [3.05, 3.63) is 173 Å². The zero-order chi connectivity index (χ0) is 29.5. The number of rotatable bonds is 3. The summed E-state index contributed by atoms with van der Waals surface area (Å²) in [5, 5.41) is 9.80. The predicted octanol–water partition coefficient (Wildman–Crippen LogP) is 10.5. The van der Waals surface area contributed by atoms with Crippen LogP contribution in [0, 0.1) is 11.3 Å². The first-order valence-electron chi connectivity index (χ1n) is 15.5. The largest absolute Gasteiger partial charge is 0.310 e. The smallest absolute Gasteiger partial charge is 0.0991 e. The average Bonchev–Trinajstić information content (AvgIpc) is 3.39. The second kappa shape index (κ2) is 10.7. The first-order valence-corrected chi connectivity index (χ1v) is 15.5. The van der Waals surface area contributed by atoms with Crippen LogP contribution < -0.4 is 4.90 Å². The summed E-state index contributed by atoms with van der Waals surface area (Å²) < 4.78 is 0. The van der Waals surface area contributed by atoms with E-state index >= 15 is 0 Å². The van der Waals surface area contributed by atoms with Gasteiger partial charge in [-0.3, -0.25) is 0 Å². The molecule has 0 saturated heterocycles. The molecule has 0 saturated carbocycles. The van der Waals surface area contributed by atoms with Gasteiger partial charge in [0, 0.05) is 22.5 Å². The van der Waals surface area contributed by atoms with Gasteiger partial charge in [0.05, 0.1) is 11.6 Å². The predicted molar refractivity (Wildman–Crippen MR) is 181 cm³/mol. The Morgan fingerprint density at radius 1 is 0.477 bits per heavy atom. The third-order valence-electron chi connectivity index (χ3n) is 9.72. The number of nitrogens with zero attached hydrogens (tertiary/aromatic N) is 2. The van der Waals surface area contributed by atoms with Crippen molar-refractivity contribution in [2.75, 3.05) is 4.90 Å². The lowest BCUT2D eigenvalue weighted by atomic mass is 9.70. The highest BCUT2D eigenvalue weighted by Crippen LogP contribution is 2.55. The molecule has 0 aliphatic heterocycles. The van der Waals surface area contributed by atoms with Crippen LogP contribution in [0.25, 0.3) is 22.3 Å². The maximum atomic E-state index is 9.80. The van der Waals surface area contributed by atoms with Crippen LogP contribution in [0.3, 0.4) is 0 Å². The summed E-state index contributed by atoms with van der Waals surface area (Å²) in [5.41, 5.74) is 14.7. The second-order valence-corrected chi connectivity index (χ2v) is 12.0. The van der Waals surface area contributed by atoms with Gasteiger partial charge in [0.1, 0.15) is 0 Å². The van der Waals surface area contributed by atoms with Crippen molar-refractivity contribution >= 4 is 17.1 Å². The lowest BCUT2D eigenvalue weighted by molar-refractivity contribution is 0.448. The van der Waals surface area contributed by atoms with E-state index in [2.05, 4.69) is 150 Å². The van der Waals surface area contributed by atoms with Crippen LogP contribution in [0.15, 0.2) is 146 Å². The summed E-state index contributed by atoms with van der Waals surface area (Å²) in [5.74, 6) is 0. The van der Waals surface area contributed by atoms with E-state index in [4.69, 9.17) is 0 Å². The average molecular weight is 565 g/mol. The van der Waals surface area contributed by atoms with Crippen LogP contribution in [0.4, 0.5) is 17.1 Å². The normalized spacial score (nSPS) is 16.3. The monoisotopic (exact) mass is 564 g/mol. The van der Waals surface area contributed by atoms with Crippen LogP contribution in [0.5, 0.6) is 0 Å². The molecule has 0 aromatic heterocycles. The minimum absolute atomic E-state index is 0.154. The summed E-state index contributed by atoms with van der Waals surface area (Å²) >= 11 is 0. The molecule has 6 aromatic rings. The molecule has 0 bridgehead atoms. The Labute approximate surface area is 259 Å². The highest BCUT2D eigenvalue weighted by atomic mass is 15.1. The van der Waals surface area contributed by atoms with Gasteiger partial charge >= 0.3 is 0 Å². The van der Waals surface area contributed by atoms with Crippen LogP contribution in [0.2, 0.25) is 0 Å². The van der Waals surface area contributed by atoms with E-state index in [0.717, 1.165) is 42.6 Å². The van der Waals surface area contributed by atoms with Crippen molar-refractivity contribution in [2.45, 2.75) is 31.1 Å². The molecule has 0 amide bonds. The van der Waals surface area contributed by atoms with Gasteiger partial charge in [-0.15, -0.1) is 0 Å². The summed E-state index contributed by atoms with van der Waals surface area (Å²) in [7, 11) is 0. The Morgan fingerprint density at radius 2 is 1.05 bits per heavy atom. The van der Waals surface area contributed by atoms with E-state index in [-0.39, 0.29) is 5.41 Å². The van der Waals surface area contributed by atoms with Crippen molar-refractivity contribution in [3.63, 3.8) is 0 Å². The molecule has 0 N–H and O–H groups in total. The topological polar surface area (TPSA) is 27.0 Å². The number of nitriles is 1. The second-order valence-electron chi connectivity index (χ2n) is 12.0. The quantitative estimate of drug-likeness (QED) is 0.214. The van der Waals surface area contributed by atoms with E-state index < -0.39 is 0 Å². The number of hydrogen-bond donors (Lipinski definition) is 0. The molecular weight excluding hydrogens is 532 g/mol. The van der Waals surface area contributed by atoms with Crippen LogP contribution >= 0.6 is 0 Å². The number of para-hydroxylation sites is 2. The van der Waals surface area contributed by atoms with Gasteiger partial charge in [0.15, 0.2) is 0 Å². The third-order valence-corrected chi connectivity index (χ3v) is 9.72. The molecule has 0 heterocycles. The lowest BCUT2D eigenvalue weighted by Crippen LogP contribution is -2.27. The molecule has 1 spiro atoms. The number of anilines is 3. The molecule has 210 valence electrons. The van der Waals surface area contributed by atoms with Gasteiger partial charge in [0.2, 0.25) is 0 Å². The fraction of sp³-hybridized carbons (Fsp3) is 0.119. The summed E-state index contributed by atoms with van der Waals surface area (Å²) in [6, 6.07) is 55.0. The van der Waals surface area contributed by atoms with E-state index in [1.165, 1.54) is 50.2 Å². The molecule has 0 fully saturated rings.